The molecule has 0 radical (unpaired) electrons. The third-order valence-electron chi connectivity index (χ3n) is 7.85. The van der Waals surface area contributed by atoms with Crippen LogP contribution in [0.5, 0.6) is 0 Å². The normalized spacial score (nSPS) is 14.1. The smallest absolute Gasteiger partial charge is 0.220 e. The van der Waals surface area contributed by atoms with Gasteiger partial charge in [-0.3, -0.25) is 4.79 Å². The number of amides is 1. The van der Waals surface area contributed by atoms with Crippen molar-refractivity contribution in [1.29, 1.82) is 0 Å². The SMILES string of the molecule is CCCCCCCCCCCCCCCC(=O)N[C@@H](CO)[C@H](O)/C=C/[C@H](O)CCCCCCCCCCCC. The third kappa shape index (κ3) is 27.0. The van der Waals surface area contributed by atoms with E-state index in [-0.39, 0.29) is 12.5 Å². The Bertz CT molecular complexity index is 539. The molecule has 232 valence electrons. The van der Waals surface area contributed by atoms with Crippen LogP contribution >= 0.6 is 0 Å². The highest BCUT2D eigenvalue weighted by Crippen LogP contribution is 2.14. The summed E-state index contributed by atoms with van der Waals surface area (Å²) in [5.41, 5.74) is 0. The highest BCUT2D eigenvalue weighted by molar-refractivity contribution is 5.76. The molecule has 0 bridgehead atoms. The first-order valence-electron chi connectivity index (χ1n) is 17.0. The van der Waals surface area contributed by atoms with Crippen LogP contribution in [-0.2, 0) is 4.79 Å². The number of unbranched alkanes of at least 4 members (excludes halogenated alkanes) is 21. The zero-order valence-electron chi connectivity index (χ0n) is 26.0. The van der Waals surface area contributed by atoms with E-state index in [0.717, 1.165) is 32.1 Å². The number of carbonyl (C=O) groups excluding carboxylic acids is 1. The molecule has 0 rings (SSSR count). The van der Waals surface area contributed by atoms with Crippen molar-refractivity contribution < 1.29 is 20.1 Å². The van der Waals surface area contributed by atoms with Crippen molar-refractivity contribution >= 4 is 5.91 Å². The average Bonchev–Trinajstić information content (AvgIpc) is 2.93. The second kappa shape index (κ2) is 30.1. The van der Waals surface area contributed by atoms with E-state index in [2.05, 4.69) is 19.2 Å². The topological polar surface area (TPSA) is 89.8 Å². The molecule has 4 N–H and O–H groups in total. The van der Waals surface area contributed by atoms with E-state index in [1.54, 1.807) is 6.08 Å². The first kappa shape index (κ1) is 38.1. The van der Waals surface area contributed by atoms with Gasteiger partial charge in [0.2, 0.25) is 5.91 Å². The molecule has 0 heterocycles. The van der Waals surface area contributed by atoms with Crippen molar-refractivity contribution in [3.63, 3.8) is 0 Å². The van der Waals surface area contributed by atoms with Gasteiger partial charge in [0, 0.05) is 6.42 Å². The van der Waals surface area contributed by atoms with Gasteiger partial charge in [-0.05, 0) is 12.8 Å². The second-order valence-corrected chi connectivity index (χ2v) is 11.8. The maximum absolute atomic E-state index is 12.3. The lowest BCUT2D eigenvalue weighted by Crippen LogP contribution is -2.45. The van der Waals surface area contributed by atoms with Crippen molar-refractivity contribution in [2.45, 2.75) is 193 Å². The molecular formula is C34H67NO4. The molecule has 0 aliphatic carbocycles. The van der Waals surface area contributed by atoms with Crippen molar-refractivity contribution in [2.24, 2.45) is 0 Å². The minimum absolute atomic E-state index is 0.129. The maximum atomic E-state index is 12.3. The van der Waals surface area contributed by atoms with Gasteiger partial charge in [0.05, 0.1) is 24.9 Å². The van der Waals surface area contributed by atoms with Crippen molar-refractivity contribution in [3.8, 4) is 0 Å². The van der Waals surface area contributed by atoms with Crippen molar-refractivity contribution in [3.05, 3.63) is 12.2 Å². The predicted octanol–water partition coefficient (Wildman–Crippen LogP) is 8.53. The van der Waals surface area contributed by atoms with Gasteiger partial charge in [-0.1, -0.05) is 167 Å². The van der Waals surface area contributed by atoms with Crippen LogP contribution in [0.25, 0.3) is 0 Å². The summed E-state index contributed by atoms with van der Waals surface area (Å²) in [6.45, 7) is 4.18. The van der Waals surface area contributed by atoms with Gasteiger partial charge in [-0.15, -0.1) is 0 Å². The van der Waals surface area contributed by atoms with Gasteiger partial charge in [-0.25, -0.2) is 0 Å². The molecule has 3 atom stereocenters. The summed E-state index contributed by atoms with van der Waals surface area (Å²) in [7, 11) is 0. The Morgan fingerprint density at radius 3 is 1.38 bits per heavy atom. The predicted molar refractivity (Wildman–Crippen MR) is 167 cm³/mol. The third-order valence-corrected chi connectivity index (χ3v) is 7.85. The van der Waals surface area contributed by atoms with Gasteiger partial charge in [-0.2, -0.15) is 0 Å². The molecule has 0 aliphatic rings. The second-order valence-electron chi connectivity index (χ2n) is 11.8. The van der Waals surface area contributed by atoms with Gasteiger partial charge >= 0.3 is 0 Å². The van der Waals surface area contributed by atoms with Crippen LogP contribution in [0.2, 0.25) is 0 Å². The minimum atomic E-state index is -1.01. The van der Waals surface area contributed by atoms with E-state index in [1.165, 1.54) is 122 Å². The Morgan fingerprint density at radius 2 is 0.974 bits per heavy atom. The van der Waals surface area contributed by atoms with Crippen LogP contribution < -0.4 is 5.32 Å². The average molecular weight is 554 g/mol. The molecule has 0 spiro atoms. The zero-order valence-corrected chi connectivity index (χ0v) is 26.0. The van der Waals surface area contributed by atoms with E-state index in [4.69, 9.17) is 0 Å². The van der Waals surface area contributed by atoms with Crippen LogP contribution in [0.1, 0.15) is 174 Å². The Kier molecular flexibility index (Phi) is 29.4. The number of hydrogen-bond acceptors (Lipinski definition) is 4. The molecule has 0 fully saturated rings. The van der Waals surface area contributed by atoms with Crippen LogP contribution in [-0.4, -0.2) is 46.1 Å². The number of nitrogens with one attached hydrogen (secondary N) is 1. The van der Waals surface area contributed by atoms with E-state index in [9.17, 15) is 20.1 Å². The standard InChI is InChI=1S/C34H67NO4/c1-3-5-7-9-11-13-15-16-17-19-21-23-25-27-34(39)35-32(30-36)33(38)29-28-31(37)26-24-22-20-18-14-12-10-8-6-4-2/h28-29,31-33,36-38H,3-27,30H2,1-2H3,(H,35,39)/b29-28+/t31-,32+,33-/m1/s1. The molecule has 0 aromatic heterocycles. The lowest BCUT2D eigenvalue weighted by Gasteiger charge is -2.20. The van der Waals surface area contributed by atoms with Gasteiger partial charge in [0.15, 0.2) is 0 Å². The molecule has 5 nitrogen and oxygen atoms in total. The molecule has 0 aromatic carbocycles. The Morgan fingerprint density at radius 1 is 0.590 bits per heavy atom. The molecule has 0 saturated carbocycles. The summed E-state index contributed by atoms with van der Waals surface area (Å²) in [5.74, 6) is -0.129. The highest BCUT2D eigenvalue weighted by atomic mass is 16.3. The fourth-order valence-corrected chi connectivity index (χ4v) is 5.13. The molecular weight excluding hydrogens is 486 g/mol. The first-order valence-corrected chi connectivity index (χ1v) is 17.0. The number of hydrogen-bond donors (Lipinski definition) is 4. The monoisotopic (exact) mass is 554 g/mol. The largest absolute Gasteiger partial charge is 0.394 e. The number of aliphatic hydroxyl groups is 3. The van der Waals surface area contributed by atoms with E-state index in [1.807, 2.05) is 0 Å². The summed E-state index contributed by atoms with van der Waals surface area (Å²) in [5, 5.41) is 32.9. The molecule has 1 amide bonds. The summed E-state index contributed by atoms with van der Waals surface area (Å²) < 4.78 is 0. The van der Waals surface area contributed by atoms with E-state index in [0.29, 0.717) is 12.8 Å². The molecule has 0 aliphatic heterocycles. The van der Waals surface area contributed by atoms with E-state index >= 15 is 0 Å². The molecule has 5 heteroatoms. The Labute approximate surface area is 242 Å². The minimum Gasteiger partial charge on any atom is -0.394 e. The van der Waals surface area contributed by atoms with E-state index < -0.39 is 18.2 Å². The van der Waals surface area contributed by atoms with Crippen molar-refractivity contribution in [2.75, 3.05) is 6.61 Å². The zero-order chi connectivity index (χ0) is 28.8. The lowest BCUT2D eigenvalue weighted by atomic mass is 10.0. The first-order chi connectivity index (χ1) is 19.0. The molecule has 0 aromatic rings. The Hall–Kier alpha value is -0.910. The fraction of sp³-hybridized carbons (Fsp3) is 0.912. The molecule has 0 unspecified atom stereocenters. The summed E-state index contributed by atoms with van der Waals surface area (Å²) in [4.78, 5) is 12.3. The van der Waals surface area contributed by atoms with Crippen LogP contribution in [0.3, 0.4) is 0 Å². The quantitative estimate of drug-likeness (QED) is 0.0530. The Balaban J connectivity index is 3.77. The van der Waals surface area contributed by atoms with Crippen LogP contribution in [0.15, 0.2) is 12.2 Å². The van der Waals surface area contributed by atoms with Gasteiger partial charge in [0.1, 0.15) is 0 Å². The number of rotatable bonds is 30. The molecule has 39 heavy (non-hydrogen) atoms. The summed E-state index contributed by atoms with van der Waals surface area (Å²) in [6, 6.07) is -0.736. The summed E-state index contributed by atoms with van der Waals surface area (Å²) >= 11 is 0. The number of carbonyl (C=O) groups is 1. The summed E-state index contributed by atoms with van der Waals surface area (Å²) in [6.07, 6.45) is 31.7. The lowest BCUT2D eigenvalue weighted by molar-refractivity contribution is -0.123. The van der Waals surface area contributed by atoms with Crippen LogP contribution in [0.4, 0.5) is 0 Å². The molecule has 0 saturated heterocycles. The van der Waals surface area contributed by atoms with Gasteiger partial charge in [0.25, 0.3) is 0 Å². The van der Waals surface area contributed by atoms with Crippen LogP contribution in [0, 0.1) is 0 Å². The fourth-order valence-electron chi connectivity index (χ4n) is 5.13. The highest BCUT2D eigenvalue weighted by Gasteiger charge is 2.18. The number of aliphatic hydroxyl groups excluding tert-OH is 3. The maximum Gasteiger partial charge on any atom is 0.220 e. The van der Waals surface area contributed by atoms with Gasteiger partial charge < -0.3 is 20.6 Å². The van der Waals surface area contributed by atoms with Crippen molar-refractivity contribution in [1.82, 2.24) is 5.32 Å².